The number of ether oxygens (including phenoxy) is 1. The Balaban J connectivity index is 1.71. The third-order valence-corrected chi connectivity index (χ3v) is 7.57. The molecule has 2 aromatic heterocycles. The number of hydrogen-bond donors (Lipinski definition) is 1. The average Bonchev–Trinajstić information content (AvgIpc) is 3.31. The van der Waals surface area contributed by atoms with E-state index in [1.807, 2.05) is 35.8 Å². The Morgan fingerprint density at radius 2 is 1.97 bits per heavy atom. The summed E-state index contributed by atoms with van der Waals surface area (Å²) in [6.07, 6.45) is 1.95. The number of carbonyl (C=O) groups excluding carboxylic acids is 1. The van der Waals surface area contributed by atoms with Crippen LogP contribution in [-0.2, 0) is 9.53 Å². The number of nitrogens with zero attached hydrogens (tertiary/aromatic N) is 4. The van der Waals surface area contributed by atoms with Crippen molar-refractivity contribution < 1.29 is 9.53 Å². The van der Waals surface area contributed by atoms with Crippen LogP contribution in [0, 0.1) is 31.6 Å². The molecular weight excluding hydrogens is 470 g/mol. The summed E-state index contributed by atoms with van der Waals surface area (Å²) >= 11 is 7.76. The maximum Gasteiger partial charge on any atom is 0.220 e. The molecule has 5 rings (SSSR count). The van der Waals surface area contributed by atoms with Gasteiger partial charge in [0.25, 0.3) is 0 Å². The fraction of sp³-hybridized carbons (Fsp3) is 0.360. The zero-order chi connectivity index (χ0) is 23.8. The van der Waals surface area contributed by atoms with Gasteiger partial charge in [-0.1, -0.05) is 35.6 Å². The molecule has 1 amide bonds. The van der Waals surface area contributed by atoms with E-state index in [-0.39, 0.29) is 6.42 Å². The van der Waals surface area contributed by atoms with Gasteiger partial charge >= 0.3 is 0 Å². The van der Waals surface area contributed by atoms with Crippen LogP contribution < -0.4 is 5.73 Å². The Bertz CT molecular complexity index is 1340. The van der Waals surface area contributed by atoms with E-state index in [1.54, 1.807) is 11.3 Å². The highest BCUT2D eigenvalue weighted by Gasteiger charge is 2.32. The van der Waals surface area contributed by atoms with Gasteiger partial charge in [0.05, 0.1) is 17.0 Å². The van der Waals surface area contributed by atoms with Crippen LogP contribution in [0.1, 0.15) is 58.5 Å². The average molecular weight is 494 g/mol. The Labute approximate surface area is 207 Å². The number of aromatic nitrogens is 3. The fourth-order valence-corrected chi connectivity index (χ4v) is 5.69. The zero-order valence-electron chi connectivity index (χ0n) is 19.0. The van der Waals surface area contributed by atoms with Crippen LogP contribution in [-0.4, -0.2) is 39.6 Å². The molecule has 1 fully saturated rings. The number of rotatable bonds is 3. The van der Waals surface area contributed by atoms with Crippen LogP contribution in [0.5, 0.6) is 0 Å². The van der Waals surface area contributed by atoms with E-state index in [4.69, 9.17) is 27.1 Å². The molecule has 0 saturated carbocycles. The first-order valence-electron chi connectivity index (χ1n) is 11.2. The number of aliphatic imine (C=N–C) groups is 1. The number of hydrogen-bond acceptors (Lipinski definition) is 6. The molecule has 2 aliphatic rings. The van der Waals surface area contributed by atoms with E-state index in [1.165, 1.54) is 0 Å². The number of fused-ring (bicyclic) bond motifs is 3. The number of nitrogens with two attached hydrogens (primary N) is 1. The number of aryl methyl sites for hydroxylation is 1. The standard InChI is InChI=1S/C25H24ClN5O2S/c1-14-20(8-3-16-9-11-33-12-10-16)34-25-22(14)23(17-4-6-18(26)7-5-17)28-19(13-21(27)32)24-30-29-15(2)31(24)25/h4-7,16,19H,9-13H2,1-2H3,(H2,27,32)/t19-/m0/s1. The molecule has 0 spiro atoms. The lowest BCUT2D eigenvalue weighted by atomic mass is 9.98. The van der Waals surface area contributed by atoms with Crippen LogP contribution in [0.25, 0.3) is 5.00 Å². The Kier molecular flexibility index (Phi) is 6.26. The number of carbonyl (C=O) groups is 1. The van der Waals surface area contributed by atoms with E-state index in [0.717, 1.165) is 64.2 Å². The van der Waals surface area contributed by atoms with Crippen molar-refractivity contribution >= 4 is 34.6 Å². The van der Waals surface area contributed by atoms with E-state index >= 15 is 0 Å². The second-order valence-corrected chi connectivity index (χ2v) is 9.94. The largest absolute Gasteiger partial charge is 0.381 e. The molecule has 2 N–H and O–H groups in total. The summed E-state index contributed by atoms with van der Waals surface area (Å²) in [5.74, 6) is 8.12. The predicted molar refractivity (Wildman–Crippen MR) is 133 cm³/mol. The summed E-state index contributed by atoms with van der Waals surface area (Å²) in [6, 6.07) is 7.02. The normalized spacial score (nSPS) is 17.7. The zero-order valence-corrected chi connectivity index (χ0v) is 20.5. The molecule has 1 atom stereocenters. The maximum atomic E-state index is 11.9. The lowest BCUT2D eigenvalue weighted by Gasteiger charge is -2.16. The van der Waals surface area contributed by atoms with Gasteiger partial charge in [-0.25, -0.2) is 0 Å². The molecule has 174 valence electrons. The fourth-order valence-electron chi connectivity index (χ4n) is 4.34. The van der Waals surface area contributed by atoms with Crippen molar-refractivity contribution in [3.8, 4) is 16.8 Å². The molecule has 0 bridgehead atoms. The van der Waals surface area contributed by atoms with Crippen molar-refractivity contribution in [2.24, 2.45) is 16.6 Å². The van der Waals surface area contributed by atoms with Crippen molar-refractivity contribution in [2.45, 2.75) is 39.2 Å². The van der Waals surface area contributed by atoms with E-state index in [0.29, 0.717) is 16.8 Å². The second-order valence-electron chi connectivity index (χ2n) is 8.50. The van der Waals surface area contributed by atoms with Gasteiger partial charge in [-0.2, -0.15) is 0 Å². The summed E-state index contributed by atoms with van der Waals surface area (Å²) in [5.41, 5.74) is 9.28. The van der Waals surface area contributed by atoms with Crippen molar-refractivity contribution in [3.05, 3.63) is 62.5 Å². The third kappa shape index (κ3) is 4.27. The Morgan fingerprint density at radius 1 is 1.24 bits per heavy atom. The highest BCUT2D eigenvalue weighted by atomic mass is 35.5. The van der Waals surface area contributed by atoms with Gasteiger partial charge in [0.2, 0.25) is 5.91 Å². The summed E-state index contributed by atoms with van der Waals surface area (Å²) in [4.78, 5) is 17.9. The maximum absolute atomic E-state index is 11.9. The molecule has 7 nitrogen and oxygen atoms in total. The summed E-state index contributed by atoms with van der Waals surface area (Å²) < 4.78 is 7.46. The van der Waals surface area contributed by atoms with Crippen LogP contribution >= 0.6 is 22.9 Å². The first-order valence-corrected chi connectivity index (χ1v) is 12.4. The minimum Gasteiger partial charge on any atom is -0.381 e. The molecule has 9 heteroatoms. The van der Waals surface area contributed by atoms with E-state index in [2.05, 4.69) is 29.0 Å². The lowest BCUT2D eigenvalue weighted by Crippen LogP contribution is -2.17. The van der Waals surface area contributed by atoms with Crippen molar-refractivity contribution in [1.29, 1.82) is 0 Å². The molecule has 4 heterocycles. The summed E-state index contributed by atoms with van der Waals surface area (Å²) in [7, 11) is 0. The molecule has 0 aliphatic carbocycles. The van der Waals surface area contributed by atoms with Crippen LogP contribution in [0.4, 0.5) is 0 Å². The van der Waals surface area contributed by atoms with E-state index in [9.17, 15) is 4.79 Å². The first kappa shape index (κ1) is 22.8. The number of halogens is 1. The molecule has 3 aromatic rings. The predicted octanol–water partition coefficient (Wildman–Crippen LogP) is 4.14. The van der Waals surface area contributed by atoms with Crippen molar-refractivity contribution in [2.75, 3.05) is 13.2 Å². The number of benzene rings is 1. The molecule has 2 aliphatic heterocycles. The minimum atomic E-state index is -0.542. The summed E-state index contributed by atoms with van der Waals surface area (Å²) in [6.45, 7) is 5.49. The quantitative estimate of drug-likeness (QED) is 0.554. The molecule has 1 saturated heterocycles. The molecule has 0 radical (unpaired) electrons. The first-order chi connectivity index (χ1) is 16.4. The van der Waals surface area contributed by atoms with Gasteiger partial charge in [-0.05, 0) is 44.4 Å². The molecule has 0 unspecified atom stereocenters. The number of amides is 1. The van der Waals surface area contributed by atoms with Gasteiger partial charge < -0.3 is 10.5 Å². The highest BCUT2D eigenvalue weighted by molar-refractivity contribution is 7.15. The highest BCUT2D eigenvalue weighted by Crippen LogP contribution is 2.39. The molecule has 34 heavy (non-hydrogen) atoms. The smallest absolute Gasteiger partial charge is 0.220 e. The van der Waals surface area contributed by atoms with Gasteiger partial charge in [0.1, 0.15) is 16.9 Å². The van der Waals surface area contributed by atoms with Gasteiger partial charge in [-0.15, -0.1) is 21.5 Å². The molecular formula is C25H24ClN5O2S. The number of thiophene rings is 1. The van der Waals surface area contributed by atoms with Crippen LogP contribution in [0.15, 0.2) is 29.3 Å². The Morgan fingerprint density at radius 3 is 2.68 bits per heavy atom. The van der Waals surface area contributed by atoms with Crippen LogP contribution in [0.2, 0.25) is 5.02 Å². The second kappa shape index (κ2) is 9.34. The van der Waals surface area contributed by atoms with E-state index < -0.39 is 11.9 Å². The van der Waals surface area contributed by atoms with Crippen molar-refractivity contribution in [1.82, 2.24) is 14.8 Å². The van der Waals surface area contributed by atoms with Gasteiger partial charge in [0, 0.05) is 35.3 Å². The molecule has 1 aromatic carbocycles. The summed E-state index contributed by atoms with van der Waals surface area (Å²) in [5, 5.41) is 10.3. The number of primary amides is 1. The lowest BCUT2D eigenvalue weighted by molar-refractivity contribution is -0.118. The van der Waals surface area contributed by atoms with Crippen LogP contribution in [0.3, 0.4) is 0 Å². The third-order valence-electron chi connectivity index (χ3n) is 6.12. The van der Waals surface area contributed by atoms with Gasteiger partial charge in [0.15, 0.2) is 5.82 Å². The Hall–Kier alpha value is -2.99. The van der Waals surface area contributed by atoms with Crippen molar-refractivity contribution in [3.63, 3.8) is 0 Å². The monoisotopic (exact) mass is 493 g/mol. The minimum absolute atomic E-state index is 0.0413. The topological polar surface area (TPSA) is 95.4 Å². The SMILES string of the molecule is Cc1c(C#CC2CCOCC2)sc2c1C(c1ccc(Cl)cc1)=N[C@@H](CC(N)=O)c1nnc(C)n1-2. The van der Waals surface area contributed by atoms with Gasteiger partial charge in [-0.3, -0.25) is 14.4 Å².